The maximum atomic E-state index is 9.83. The second kappa shape index (κ2) is 2.80. The van der Waals surface area contributed by atoms with Crippen LogP contribution in [0.1, 0.15) is 25.5 Å². The van der Waals surface area contributed by atoms with Gasteiger partial charge >= 0.3 is 0 Å². The normalized spacial score (nSPS) is 21.5. The van der Waals surface area contributed by atoms with E-state index in [0.29, 0.717) is 6.42 Å². The first-order chi connectivity index (χ1) is 6.10. The van der Waals surface area contributed by atoms with E-state index in [9.17, 15) is 5.11 Å². The zero-order valence-corrected chi connectivity index (χ0v) is 8.06. The van der Waals surface area contributed by atoms with Gasteiger partial charge in [0.2, 0.25) is 0 Å². The van der Waals surface area contributed by atoms with Gasteiger partial charge in [-0.15, -0.1) is 5.10 Å². The van der Waals surface area contributed by atoms with E-state index in [1.54, 1.807) is 4.68 Å². The lowest BCUT2D eigenvalue weighted by molar-refractivity contribution is 0.102. The van der Waals surface area contributed by atoms with Crippen molar-refractivity contribution in [1.82, 2.24) is 15.0 Å². The van der Waals surface area contributed by atoms with Gasteiger partial charge in [0.05, 0.1) is 11.8 Å². The van der Waals surface area contributed by atoms with Crippen LogP contribution in [-0.4, -0.2) is 26.2 Å². The summed E-state index contributed by atoms with van der Waals surface area (Å²) in [4.78, 5) is 0. The van der Waals surface area contributed by atoms with Crippen molar-refractivity contribution in [1.29, 1.82) is 0 Å². The lowest BCUT2D eigenvalue weighted by atomic mass is 9.98. The number of hydrogen-bond donors (Lipinski definition) is 1. The van der Waals surface area contributed by atoms with Crippen molar-refractivity contribution < 1.29 is 5.11 Å². The van der Waals surface area contributed by atoms with Crippen molar-refractivity contribution >= 4 is 0 Å². The van der Waals surface area contributed by atoms with E-state index in [0.717, 1.165) is 18.5 Å². The molecule has 0 amide bonds. The van der Waals surface area contributed by atoms with E-state index in [2.05, 4.69) is 17.2 Å². The van der Waals surface area contributed by atoms with E-state index in [1.165, 1.54) is 0 Å². The predicted octanol–water partition coefficient (Wildman–Crippen LogP) is 0.519. The maximum absolute atomic E-state index is 9.83. The van der Waals surface area contributed by atoms with Gasteiger partial charge in [0.1, 0.15) is 0 Å². The Balaban J connectivity index is 1.98. The molecule has 4 nitrogen and oxygen atoms in total. The summed E-state index contributed by atoms with van der Waals surface area (Å²) in [6.45, 7) is 2.12. The molecule has 0 saturated heterocycles. The first-order valence-electron chi connectivity index (χ1n) is 4.63. The Morgan fingerprint density at radius 2 is 2.38 bits per heavy atom. The van der Waals surface area contributed by atoms with Gasteiger partial charge in [-0.1, -0.05) is 12.1 Å². The molecule has 1 aromatic heterocycles. The van der Waals surface area contributed by atoms with Crippen LogP contribution in [0.5, 0.6) is 0 Å². The molecule has 1 unspecified atom stereocenters. The van der Waals surface area contributed by atoms with Crippen molar-refractivity contribution in [3.63, 3.8) is 0 Å². The Morgan fingerprint density at radius 1 is 1.69 bits per heavy atom. The Bertz CT molecular complexity index is 304. The Morgan fingerprint density at radius 3 is 2.85 bits per heavy atom. The van der Waals surface area contributed by atoms with E-state index in [1.807, 2.05) is 13.2 Å². The van der Waals surface area contributed by atoms with Crippen LogP contribution in [0.15, 0.2) is 6.20 Å². The minimum Gasteiger partial charge on any atom is -0.392 e. The van der Waals surface area contributed by atoms with Gasteiger partial charge in [-0.05, 0) is 18.3 Å². The molecule has 0 spiro atoms. The predicted molar refractivity (Wildman–Crippen MR) is 48.1 cm³/mol. The molecule has 1 aromatic rings. The number of nitrogens with zero attached hydrogens (tertiary/aromatic N) is 3. The van der Waals surface area contributed by atoms with Crippen LogP contribution in [0.25, 0.3) is 0 Å². The van der Waals surface area contributed by atoms with Crippen LogP contribution in [0.2, 0.25) is 0 Å². The Labute approximate surface area is 77.6 Å². The lowest BCUT2D eigenvalue weighted by Crippen LogP contribution is -2.21. The molecular formula is C9H15N3O. The first-order valence-corrected chi connectivity index (χ1v) is 4.63. The standard InChI is InChI=1S/C9H15N3O/c1-9(3-4-9)8(13)5-7-6-12(2)11-10-7/h6,8,13H,3-5H2,1-2H3. The maximum Gasteiger partial charge on any atom is 0.0852 e. The summed E-state index contributed by atoms with van der Waals surface area (Å²) < 4.78 is 1.66. The van der Waals surface area contributed by atoms with Crippen molar-refractivity contribution in [2.24, 2.45) is 12.5 Å². The molecule has 0 radical (unpaired) electrons. The molecule has 13 heavy (non-hydrogen) atoms. The molecule has 1 atom stereocenters. The number of rotatable bonds is 3. The third-order valence-electron chi connectivity index (χ3n) is 2.90. The van der Waals surface area contributed by atoms with Gasteiger partial charge in [0.25, 0.3) is 0 Å². The molecule has 2 rings (SSSR count). The van der Waals surface area contributed by atoms with Gasteiger partial charge < -0.3 is 5.11 Å². The number of aliphatic hydroxyl groups is 1. The van der Waals surface area contributed by atoms with Crippen molar-refractivity contribution in [3.05, 3.63) is 11.9 Å². The highest BCUT2D eigenvalue weighted by Crippen LogP contribution is 2.48. The molecule has 0 aliphatic heterocycles. The fourth-order valence-electron chi connectivity index (χ4n) is 1.46. The second-order valence-electron chi connectivity index (χ2n) is 4.26. The molecule has 1 fully saturated rings. The minimum atomic E-state index is -0.260. The van der Waals surface area contributed by atoms with Crippen molar-refractivity contribution in [2.75, 3.05) is 0 Å². The van der Waals surface area contributed by atoms with Crippen LogP contribution in [0.3, 0.4) is 0 Å². The zero-order valence-electron chi connectivity index (χ0n) is 8.06. The van der Waals surface area contributed by atoms with Crippen LogP contribution >= 0.6 is 0 Å². The quantitative estimate of drug-likeness (QED) is 0.739. The Hall–Kier alpha value is -0.900. The van der Waals surface area contributed by atoms with Crippen LogP contribution in [0, 0.1) is 5.41 Å². The van der Waals surface area contributed by atoms with Crippen molar-refractivity contribution in [3.8, 4) is 0 Å². The van der Waals surface area contributed by atoms with E-state index < -0.39 is 0 Å². The molecule has 1 aliphatic rings. The molecule has 1 N–H and O–H groups in total. The third kappa shape index (κ3) is 1.72. The average Bonchev–Trinajstić information content (AvgIpc) is 2.69. The molecular weight excluding hydrogens is 166 g/mol. The van der Waals surface area contributed by atoms with Gasteiger partial charge in [-0.3, -0.25) is 4.68 Å². The Kier molecular flexibility index (Phi) is 1.87. The highest BCUT2D eigenvalue weighted by molar-refractivity contribution is 5.02. The van der Waals surface area contributed by atoms with E-state index >= 15 is 0 Å². The number of hydrogen-bond acceptors (Lipinski definition) is 3. The van der Waals surface area contributed by atoms with Gasteiger partial charge in [0, 0.05) is 19.7 Å². The molecule has 72 valence electrons. The summed E-state index contributed by atoms with van der Waals surface area (Å²) >= 11 is 0. The van der Waals surface area contributed by atoms with Gasteiger partial charge in [0.15, 0.2) is 0 Å². The second-order valence-corrected chi connectivity index (χ2v) is 4.26. The number of aryl methyl sites for hydroxylation is 1. The third-order valence-corrected chi connectivity index (χ3v) is 2.90. The van der Waals surface area contributed by atoms with Crippen LogP contribution < -0.4 is 0 Å². The highest BCUT2D eigenvalue weighted by atomic mass is 16.3. The summed E-state index contributed by atoms with van der Waals surface area (Å²) in [5, 5.41) is 17.6. The fraction of sp³-hybridized carbons (Fsp3) is 0.778. The summed E-state index contributed by atoms with van der Waals surface area (Å²) in [6, 6.07) is 0. The number of aromatic nitrogens is 3. The smallest absolute Gasteiger partial charge is 0.0852 e. The number of aliphatic hydroxyl groups excluding tert-OH is 1. The average molecular weight is 181 g/mol. The largest absolute Gasteiger partial charge is 0.392 e. The lowest BCUT2D eigenvalue weighted by Gasteiger charge is -2.15. The summed E-state index contributed by atoms with van der Waals surface area (Å²) in [5.74, 6) is 0. The minimum absolute atomic E-state index is 0.150. The summed E-state index contributed by atoms with van der Waals surface area (Å²) in [5.41, 5.74) is 1.03. The first kappa shape index (κ1) is 8.69. The van der Waals surface area contributed by atoms with Crippen LogP contribution in [-0.2, 0) is 13.5 Å². The van der Waals surface area contributed by atoms with Gasteiger partial charge in [-0.25, -0.2) is 0 Å². The molecule has 4 heteroatoms. The topological polar surface area (TPSA) is 50.9 Å². The monoisotopic (exact) mass is 181 g/mol. The highest BCUT2D eigenvalue weighted by Gasteiger charge is 2.44. The summed E-state index contributed by atoms with van der Waals surface area (Å²) in [6.07, 6.45) is 4.49. The fourth-order valence-corrected chi connectivity index (χ4v) is 1.46. The van der Waals surface area contributed by atoms with Gasteiger partial charge in [-0.2, -0.15) is 0 Å². The molecule has 0 aromatic carbocycles. The van der Waals surface area contributed by atoms with E-state index in [4.69, 9.17) is 0 Å². The molecule has 1 aliphatic carbocycles. The molecule has 1 heterocycles. The zero-order chi connectivity index (χ0) is 9.47. The summed E-state index contributed by atoms with van der Waals surface area (Å²) in [7, 11) is 1.84. The molecule has 1 saturated carbocycles. The van der Waals surface area contributed by atoms with Crippen LogP contribution in [0.4, 0.5) is 0 Å². The SMILES string of the molecule is Cn1cc(CC(O)C2(C)CC2)nn1. The van der Waals surface area contributed by atoms with Crippen molar-refractivity contribution in [2.45, 2.75) is 32.3 Å². The molecule has 0 bridgehead atoms. The van der Waals surface area contributed by atoms with E-state index in [-0.39, 0.29) is 11.5 Å².